The topological polar surface area (TPSA) is 73.6 Å². The number of nitro groups is 1. The molecule has 0 unspecified atom stereocenters. The van der Waals surface area contributed by atoms with Crippen LogP contribution in [0.4, 0.5) is 11.4 Å². The highest BCUT2D eigenvalue weighted by atomic mass is 79.9. The number of halogens is 1. The lowest BCUT2D eigenvalue weighted by Gasteiger charge is -2.37. The molecule has 168 valence electrons. The molecule has 33 heavy (non-hydrogen) atoms. The lowest BCUT2D eigenvalue weighted by molar-refractivity contribution is -0.384. The van der Waals surface area contributed by atoms with Crippen LogP contribution in [0.1, 0.15) is 35.1 Å². The average Bonchev–Trinajstić information content (AvgIpc) is 3.33. The summed E-state index contributed by atoms with van der Waals surface area (Å²) in [6.45, 7) is 0.422. The number of rotatable bonds is 6. The molecule has 1 heterocycles. The molecule has 0 aromatic heterocycles. The molecule has 0 saturated carbocycles. The van der Waals surface area contributed by atoms with E-state index >= 15 is 0 Å². The van der Waals surface area contributed by atoms with Crippen LogP contribution >= 0.6 is 15.9 Å². The van der Waals surface area contributed by atoms with Gasteiger partial charge in [-0.25, -0.2) is 0 Å². The Hall–Kier alpha value is -3.32. The maximum Gasteiger partial charge on any atom is 0.292 e. The van der Waals surface area contributed by atoms with Crippen molar-refractivity contribution >= 4 is 27.3 Å². The van der Waals surface area contributed by atoms with Crippen molar-refractivity contribution < 1.29 is 14.4 Å². The van der Waals surface area contributed by atoms with Crippen LogP contribution in [0.5, 0.6) is 11.5 Å². The molecule has 3 atom stereocenters. The second kappa shape index (κ2) is 8.90. The van der Waals surface area contributed by atoms with Crippen molar-refractivity contribution in [3.63, 3.8) is 0 Å². The highest BCUT2D eigenvalue weighted by molar-refractivity contribution is 9.10. The number of nitrogens with zero attached hydrogens (tertiary/aromatic N) is 1. The van der Waals surface area contributed by atoms with Gasteiger partial charge in [-0.05, 0) is 57.1 Å². The first-order valence-electron chi connectivity index (χ1n) is 10.8. The van der Waals surface area contributed by atoms with Gasteiger partial charge in [-0.3, -0.25) is 10.1 Å². The van der Waals surface area contributed by atoms with Gasteiger partial charge >= 0.3 is 0 Å². The summed E-state index contributed by atoms with van der Waals surface area (Å²) < 4.78 is 12.6. The number of allylic oxidation sites excluding steroid dienone is 2. The SMILES string of the molecule is COc1cc([C@@H]2Nc3c(cccc3[N+](=O)[O-])[C@H]3C=CC[C@H]32)cc(Br)c1OCc1ccccc1. The Kier molecular flexibility index (Phi) is 5.81. The van der Waals surface area contributed by atoms with E-state index in [1.54, 1.807) is 19.2 Å². The van der Waals surface area contributed by atoms with E-state index in [4.69, 9.17) is 9.47 Å². The highest BCUT2D eigenvalue weighted by Gasteiger charge is 2.40. The number of fused-ring (bicyclic) bond motifs is 3. The fraction of sp³-hybridized carbons (Fsp3) is 0.231. The third kappa shape index (κ3) is 3.97. The third-order valence-electron chi connectivity index (χ3n) is 6.41. The normalized spacial score (nSPS) is 20.5. The molecule has 0 radical (unpaired) electrons. The summed E-state index contributed by atoms with van der Waals surface area (Å²) in [4.78, 5) is 11.4. The van der Waals surface area contributed by atoms with Crippen LogP contribution in [0.2, 0.25) is 0 Å². The van der Waals surface area contributed by atoms with Crippen LogP contribution in [0.3, 0.4) is 0 Å². The summed E-state index contributed by atoms with van der Waals surface area (Å²) in [5, 5.41) is 15.2. The van der Waals surface area contributed by atoms with E-state index in [0.29, 0.717) is 23.8 Å². The van der Waals surface area contributed by atoms with Crippen molar-refractivity contribution in [3.8, 4) is 11.5 Å². The Bertz CT molecular complexity index is 1230. The first-order valence-corrected chi connectivity index (χ1v) is 11.6. The van der Waals surface area contributed by atoms with Crippen molar-refractivity contribution in [2.45, 2.75) is 25.0 Å². The molecule has 3 aromatic rings. The van der Waals surface area contributed by atoms with E-state index in [1.165, 1.54) is 0 Å². The molecule has 0 saturated heterocycles. The first-order chi connectivity index (χ1) is 16.1. The van der Waals surface area contributed by atoms with Gasteiger partial charge in [0.05, 0.1) is 22.5 Å². The lowest BCUT2D eigenvalue weighted by atomic mass is 9.76. The second-order valence-electron chi connectivity index (χ2n) is 8.28. The molecule has 1 N–H and O–H groups in total. The smallest absolute Gasteiger partial charge is 0.292 e. The van der Waals surface area contributed by atoms with Crippen molar-refractivity contribution in [3.05, 3.63) is 104 Å². The van der Waals surface area contributed by atoms with Crippen molar-refractivity contribution in [2.75, 3.05) is 12.4 Å². The molecule has 5 rings (SSSR count). The van der Waals surface area contributed by atoms with Gasteiger partial charge in [-0.1, -0.05) is 54.6 Å². The summed E-state index contributed by atoms with van der Waals surface area (Å²) in [5.41, 5.74) is 3.74. The molecule has 3 aromatic carbocycles. The molecule has 0 bridgehead atoms. The van der Waals surface area contributed by atoms with Crippen molar-refractivity contribution in [2.24, 2.45) is 5.92 Å². The molecule has 6 nitrogen and oxygen atoms in total. The lowest BCUT2D eigenvalue weighted by Crippen LogP contribution is -2.29. The Balaban J connectivity index is 1.50. The van der Waals surface area contributed by atoms with Gasteiger partial charge in [0, 0.05) is 12.0 Å². The summed E-state index contributed by atoms with van der Waals surface area (Å²) in [5.74, 6) is 1.64. The summed E-state index contributed by atoms with van der Waals surface area (Å²) in [6.07, 6.45) is 5.24. The van der Waals surface area contributed by atoms with E-state index in [0.717, 1.165) is 27.6 Å². The fourth-order valence-corrected chi connectivity index (χ4v) is 5.45. The minimum Gasteiger partial charge on any atom is -0.493 e. The molecule has 2 aliphatic rings. The van der Waals surface area contributed by atoms with Crippen molar-refractivity contribution in [1.29, 1.82) is 0 Å². The van der Waals surface area contributed by atoms with Gasteiger partial charge in [0.1, 0.15) is 12.3 Å². The Labute approximate surface area is 200 Å². The molecule has 1 aliphatic heterocycles. The minimum atomic E-state index is -0.321. The molecular weight excluding hydrogens is 484 g/mol. The molecular formula is C26H23BrN2O4. The predicted molar refractivity (Wildman–Crippen MR) is 131 cm³/mol. The molecule has 1 aliphatic carbocycles. The van der Waals surface area contributed by atoms with Gasteiger partial charge in [0.15, 0.2) is 11.5 Å². The number of hydrogen-bond acceptors (Lipinski definition) is 5. The molecule has 7 heteroatoms. The first kappa shape index (κ1) is 21.5. The predicted octanol–water partition coefficient (Wildman–Crippen LogP) is 6.77. The maximum atomic E-state index is 11.7. The van der Waals surface area contributed by atoms with Crippen LogP contribution < -0.4 is 14.8 Å². The van der Waals surface area contributed by atoms with E-state index in [1.807, 2.05) is 48.5 Å². The van der Waals surface area contributed by atoms with Crippen LogP contribution in [0, 0.1) is 16.0 Å². The van der Waals surface area contributed by atoms with Gasteiger partial charge in [-0.15, -0.1) is 0 Å². The zero-order valence-electron chi connectivity index (χ0n) is 18.0. The third-order valence-corrected chi connectivity index (χ3v) is 7.00. The largest absolute Gasteiger partial charge is 0.493 e. The van der Waals surface area contributed by atoms with Crippen LogP contribution in [-0.2, 0) is 6.61 Å². The minimum absolute atomic E-state index is 0.102. The van der Waals surface area contributed by atoms with E-state index in [9.17, 15) is 10.1 Å². The zero-order valence-corrected chi connectivity index (χ0v) is 19.6. The number of anilines is 1. The van der Waals surface area contributed by atoms with Gasteiger partial charge in [-0.2, -0.15) is 0 Å². The van der Waals surface area contributed by atoms with Gasteiger partial charge in [0.25, 0.3) is 5.69 Å². The summed E-state index contributed by atoms with van der Waals surface area (Å²) in [6, 6.07) is 19.1. The number of methoxy groups -OCH3 is 1. The second-order valence-corrected chi connectivity index (χ2v) is 9.14. The van der Waals surface area contributed by atoms with Gasteiger partial charge < -0.3 is 14.8 Å². The molecule has 0 spiro atoms. The highest BCUT2D eigenvalue weighted by Crippen LogP contribution is 2.53. The number of nitro benzene ring substituents is 1. The Morgan fingerprint density at radius 1 is 1.15 bits per heavy atom. The van der Waals surface area contributed by atoms with Crippen LogP contribution in [0.25, 0.3) is 0 Å². The molecule has 0 amide bonds. The number of nitrogens with one attached hydrogen (secondary N) is 1. The Morgan fingerprint density at radius 3 is 2.73 bits per heavy atom. The quantitative estimate of drug-likeness (QED) is 0.226. The van der Waals surface area contributed by atoms with E-state index in [-0.39, 0.29) is 28.5 Å². The monoisotopic (exact) mass is 506 g/mol. The van der Waals surface area contributed by atoms with Crippen LogP contribution in [0.15, 0.2) is 77.3 Å². The number of ether oxygens (including phenoxy) is 2. The molecule has 0 fully saturated rings. The van der Waals surface area contributed by atoms with Crippen molar-refractivity contribution in [1.82, 2.24) is 0 Å². The van der Waals surface area contributed by atoms with Crippen LogP contribution in [-0.4, -0.2) is 12.0 Å². The summed E-state index contributed by atoms with van der Waals surface area (Å²) in [7, 11) is 1.62. The average molecular weight is 507 g/mol. The van der Waals surface area contributed by atoms with E-state index in [2.05, 4.69) is 33.4 Å². The number of para-hydroxylation sites is 1. The summed E-state index contributed by atoms with van der Waals surface area (Å²) >= 11 is 3.66. The fourth-order valence-electron chi connectivity index (χ4n) is 4.88. The van der Waals surface area contributed by atoms with E-state index < -0.39 is 0 Å². The Morgan fingerprint density at radius 2 is 1.97 bits per heavy atom. The zero-order chi connectivity index (χ0) is 22.9. The van der Waals surface area contributed by atoms with Gasteiger partial charge in [0.2, 0.25) is 0 Å². The number of benzene rings is 3. The maximum absolute atomic E-state index is 11.7. The standard InChI is InChI=1S/C26H23BrN2O4/c1-32-23-14-17(13-21(27)26(23)33-15-16-7-3-2-4-8-16)24-19-10-5-9-18(19)20-11-6-12-22(29(30)31)25(20)28-24/h2-9,11-14,18-19,24,28H,10,15H2,1H3/t18-,19+,24-/m0/s1. The number of hydrogen-bond donors (Lipinski definition) is 1.